The molecule has 0 bridgehead atoms. The zero-order valence-corrected chi connectivity index (χ0v) is 22.1. The number of anilines is 2. The van der Waals surface area contributed by atoms with Crippen LogP contribution in [0.1, 0.15) is 35.4 Å². The van der Waals surface area contributed by atoms with Crippen molar-refractivity contribution in [3.63, 3.8) is 0 Å². The second-order valence-electron chi connectivity index (χ2n) is 9.49. The van der Waals surface area contributed by atoms with Gasteiger partial charge in [-0.25, -0.2) is 19.9 Å². The molecule has 1 aliphatic rings. The topological polar surface area (TPSA) is 66.8 Å². The third-order valence-corrected chi connectivity index (χ3v) is 7.57. The summed E-state index contributed by atoms with van der Waals surface area (Å²) in [4.78, 5) is 20.2. The second kappa shape index (κ2) is 10.9. The minimum Gasteiger partial charge on any atom is -0.367 e. The minimum atomic E-state index is 0.0103. The summed E-state index contributed by atoms with van der Waals surface area (Å²) in [5, 5.41) is 6.14. The maximum atomic E-state index is 6.21. The van der Waals surface area contributed by atoms with Crippen LogP contribution in [0.3, 0.4) is 0 Å². The molecule has 1 saturated heterocycles. The highest BCUT2D eigenvalue weighted by molar-refractivity contribution is 6.30. The number of nitrogens with one attached hydrogen (secondary N) is 1. The molecule has 0 saturated carbocycles. The zero-order chi connectivity index (χ0) is 25.9. The van der Waals surface area contributed by atoms with E-state index in [4.69, 9.17) is 23.2 Å². The van der Waals surface area contributed by atoms with Gasteiger partial charge < -0.3 is 10.2 Å². The van der Waals surface area contributed by atoms with E-state index in [0.717, 1.165) is 65.3 Å². The molecule has 6 rings (SSSR count). The van der Waals surface area contributed by atoms with Gasteiger partial charge in [0.1, 0.15) is 12.1 Å². The lowest BCUT2D eigenvalue weighted by molar-refractivity contribution is 0.519. The van der Waals surface area contributed by atoms with Gasteiger partial charge in [0.2, 0.25) is 5.95 Å². The lowest BCUT2D eigenvalue weighted by Gasteiger charge is -2.32. The van der Waals surface area contributed by atoms with Crippen molar-refractivity contribution in [1.29, 1.82) is 0 Å². The van der Waals surface area contributed by atoms with E-state index in [-0.39, 0.29) is 5.92 Å². The van der Waals surface area contributed by atoms with Crippen molar-refractivity contribution >= 4 is 45.9 Å². The summed E-state index contributed by atoms with van der Waals surface area (Å²) in [5.41, 5.74) is 4.36. The van der Waals surface area contributed by atoms with Gasteiger partial charge in [0.05, 0.1) is 5.52 Å². The smallest absolute Gasteiger partial charge is 0.225 e. The van der Waals surface area contributed by atoms with Crippen LogP contribution in [0.5, 0.6) is 0 Å². The highest BCUT2D eigenvalue weighted by Crippen LogP contribution is 2.35. The first kappa shape index (κ1) is 24.6. The zero-order valence-electron chi connectivity index (χ0n) is 20.6. The van der Waals surface area contributed by atoms with Gasteiger partial charge in [0.25, 0.3) is 0 Å². The molecule has 3 heterocycles. The van der Waals surface area contributed by atoms with Crippen molar-refractivity contribution in [2.24, 2.45) is 0 Å². The molecule has 1 N–H and O–H groups in total. The van der Waals surface area contributed by atoms with Gasteiger partial charge >= 0.3 is 0 Å². The number of aromatic nitrogens is 4. The van der Waals surface area contributed by atoms with Crippen molar-refractivity contribution in [3.8, 4) is 0 Å². The molecule has 8 heteroatoms. The largest absolute Gasteiger partial charge is 0.367 e. The van der Waals surface area contributed by atoms with E-state index >= 15 is 0 Å². The summed E-state index contributed by atoms with van der Waals surface area (Å²) in [6, 6.07) is 24.6. The van der Waals surface area contributed by atoms with E-state index in [1.807, 2.05) is 30.3 Å². The molecule has 1 aliphatic heterocycles. The van der Waals surface area contributed by atoms with Gasteiger partial charge in [-0.3, -0.25) is 0 Å². The summed E-state index contributed by atoms with van der Waals surface area (Å²) in [5.74, 6) is 1.66. The van der Waals surface area contributed by atoms with Crippen molar-refractivity contribution in [1.82, 2.24) is 19.9 Å². The van der Waals surface area contributed by atoms with E-state index < -0.39 is 0 Å². The molecule has 190 valence electrons. The van der Waals surface area contributed by atoms with Gasteiger partial charge in [-0.1, -0.05) is 53.5 Å². The maximum absolute atomic E-state index is 6.21. The number of hydrogen-bond acceptors (Lipinski definition) is 6. The monoisotopic (exact) mass is 540 g/mol. The Morgan fingerprint density at radius 3 is 1.97 bits per heavy atom. The fourth-order valence-electron chi connectivity index (χ4n) is 5.13. The quantitative estimate of drug-likeness (QED) is 0.234. The van der Waals surface area contributed by atoms with Crippen LogP contribution in [0.4, 0.5) is 11.8 Å². The van der Waals surface area contributed by atoms with Crippen molar-refractivity contribution in [3.05, 3.63) is 118 Å². The molecule has 0 aliphatic carbocycles. The van der Waals surface area contributed by atoms with Crippen molar-refractivity contribution in [2.45, 2.75) is 24.8 Å². The molecule has 5 aromatic rings. The number of hydrogen-bond donors (Lipinski definition) is 1. The standard InChI is InChI=1S/C30H26Cl2N6/c31-23-7-2-20(3-8-23)28(21-4-9-24(32)10-5-21)22-6-11-27-26(18-22)29(36-19-35-27)37-25-12-16-38(17-13-25)30-33-14-1-15-34-30/h1-11,14-15,18-19,25,28H,12-13,16-17H2,(H,35,36,37). The second-order valence-corrected chi connectivity index (χ2v) is 10.4. The summed E-state index contributed by atoms with van der Waals surface area (Å²) >= 11 is 12.4. The minimum absolute atomic E-state index is 0.0103. The summed E-state index contributed by atoms with van der Waals surface area (Å²) in [6.07, 6.45) is 7.16. The number of halogens is 2. The Balaban J connectivity index is 1.30. The lowest BCUT2D eigenvalue weighted by Crippen LogP contribution is -2.40. The molecule has 0 radical (unpaired) electrons. The molecule has 0 spiro atoms. The SMILES string of the molecule is Clc1ccc(C(c2ccc(Cl)cc2)c2ccc3ncnc(NC4CCN(c5ncccn5)CC4)c3c2)cc1. The molecule has 0 amide bonds. The van der Waals surface area contributed by atoms with Crippen LogP contribution in [0, 0.1) is 0 Å². The summed E-state index contributed by atoms with van der Waals surface area (Å²) < 4.78 is 0. The first-order chi connectivity index (χ1) is 18.6. The Kier molecular flexibility index (Phi) is 7.08. The van der Waals surface area contributed by atoms with E-state index in [9.17, 15) is 0 Å². The van der Waals surface area contributed by atoms with Gasteiger partial charge in [0.15, 0.2) is 0 Å². The summed E-state index contributed by atoms with van der Waals surface area (Å²) in [6.45, 7) is 1.79. The van der Waals surface area contributed by atoms with Crippen LogP contribution in [0.25, 0.3) is 10.9 Å². The first-order valence-corrected chi connectivity index (χ1v) is 13.4. The van der Waals surface area contributed by atoms with Crippen LogP contribution in [0.15, 0.2) is 91.5 Å². The Bertz CT molecular complexity index is 1470. The number of rotatable bonds is 6. The van der Waals surface area contributed by atoms with Crippen LogP contribution in [-0.4, -0.2) is 39.1 Å². The van der Waals surface area contributed by atoms with E-state index in [1.54, 1.807) is 18.7 Å². The molecule has 1 fully saturated rings. The Hall–Kier alpha value is -3.74. The molecule has 0 unspecified atom stereocenters. The van der Waals surface area contributed by atoms with Gasteiger partial charge in [0, 0.05) is 52.9 Å². The third kappa shape index (κ3) is 5.28. The van der Waals surface area contributed by atoms with Gasteiger partial charge in [-0.05, 0) is 72.0 Å². The molecular formula is C30H26Cl2N6. The molecule has 0 atom stereocenters. The predicted octanol–water partition coefficient (Wildman–Crippen LogP) is 6.99. The lowest BCUT2D eigenvalue weighted by atomic mass is 9.84. The molecular weight excluding hydrogens is 515 g/mol. The number of benzene rings is 3. The Morgan fingerprint density at radius 1 is 0.737 bits per heavy atom. The van der Waals surface area contributed by atoms with Crippen molar-refractivity contribution in [2.75, 3.05) is 23.3 Å². The first-order valence-electron chi connectivity index (χ1n) is 12.7. The van der Waals surface area contributed by atoms with Gasteiger partial charge in [-0.15, -0.1) is 0 Å². The van der Waals surface area contributed by atoms with E-state index in [0.29, 0.717) is 16.1 Å². The average Bonchev–Trinajstić information content (AvgIpc) is 2.96. The average molecular weight is 541 g/mol. The molecule has 2 aromatic heterocycles. The Labute approximate surface area is 231 Å². The fourth-order valence-corrected chi connectivity index (χ4v) is 5.38. The van der Waals surface area contributed by atoms with Crippen molar-refractivity contribution < 1.29 is 0 Å². The van der Waals surface area contributed by atoms with E-state index in [1.165, 1.54) is 0 Å². The van der Waals surface area contributed by atoms with Gasteiger partial charge in [-0.2, -0.15) is 0 Å². The number of fused-ring (bicyclic) bond motifs is 1. The Morgan fingerprint density at radius 2 is 1.34 bits per heavy atom. The molecule has 3 aromatic carbocycles. The maximum Gasteiger partial charge on any atom is 0.225 e. The van der Waals surface area contributed by atoms with Crippen LogP contribution in [-0.2, 0) is 0 Å². The van der Waals surface area contributed by atoms with Crippen LogP contribution in [0.2, 0.25) is 10.0 Å². The normalized spacial score (nSPS) is 14.2. The molecule has 6 nitrogen and oxygen atoms in total. The third-order valence-electron chi connectivity index (χ3n) is 7.07. The number of nitrogens with zero attached hydrogens (tertiary/aromatic N) is 5. The number of piperidine rings is 1. The highest BCUT2D eigenvalue weighted by atomic mass is 35.5. The molecule has 38 heavy (non-hydrogen) atoms. The van der Waals surface area contributed by atoms with E-state index in [2.05, 4.69) is 72.6 Å². The predicted molar refractivity (Wildman–Crippen MR) is 154 cm³/mol. The van der Waals surface area contributed by atoms with Crippen LogP contribution >= 0.6 is 23.2 Å². The highest BCUT2D eigenvalue weighted by Gasteiger charge is 2.23. The van der Waals surface area contributed by atoms with Crippen LogP contribution < -0.4 is 10.2 Å². The fraction of sp³-hybridized carbons (Fsp3) is 0.200. The summed E-state index contributed by atoms with van der Waals surface area (Å²) in [7, 11) is 0.